The summed E-state index contributed by atoms with van der Waals surface area (Å²) in [5.74, 6) is -0.961. The maximum atomic E-state index is 13.0. The van der Waals surface area contributed by atoms with E-state index < -0.39 is 6.36 Å². The lowest BCUT2D eigenvalue weighted by Crippen LogP contribution is -2.36. The molecule has 8 heteroatoms. The van der Waals surface area contributed by atoms with E-state index in [0.29, 0.717) is 5.56 Å². The zero-order valence-electron chi connectivity index (χ0n) is 14.9. The van der Waals surface area contributed by atoms with Crippen molar-refractivity contribution in [3.8, 4) is 5.75 Å². The first-order valence-corrected chi connectivity index (χ1v) is 8.21. The van der Waals surface area contributed by atoms with Gasteiger partial charge in [0.25, 0.3) is 0 Å². The molecule has 0 aliphatic carbocycles. The van der Waals surface area contributed by atoms with Gasteiger partial charge in [-0.15, -0.1) is 13.2 Å². The fourth-order valence-corrected chi connectivity index (χ4v) is 2.57. The molecule has 0 bridgehead atoms. The van der Waals surface area contributed by atoms with Crippen LogP contribution in [-0.4, -0.2) is 30.8 Å². The molecule has 0 aromatic heterocycles. The molecular weight excluding hydrogens is 364 g/mol. The van der Waals surface area contributed by atoms with Crippen molar-refractivity contribution in [3.63, 3.8) is 0 Å². The summed E-state index contributed by atoms with van der Waals surface area (Å²) in [7, 11) is 1.62. The zero-order chi connectivity index (χ0) is 20.0. The molecule has 0 aliphatic heterocycles. The molecule has 0 radical (unpaired) electrons. The number of carbonyl (C=O) groups is 1. The molecule has 4 nitrogen and oxygen atoms in total. The van der Waals surface area contributed by atoms with E-state index in [1.54, 1.807) is 37.1 Å². The van der Waals surface area contributed by atoms with E-state index in [0.717, 1.165) is 5.56 Å². The lowest BCUT2D eigenvalue weighted by molar-refractivity contribution is -0.275. The molecule has 0 heterocycles. The van der Waals surface area contributed by atoms with E-state index in [-0.39, 0.29) is 36.6 Å². The van der Waals surface area contributed by atoms with Gasteiger partial charge >= 0.3 is 6.36 Å². The molecule has 1 atom stereocenters. The van der Waals surface area contributed by atoms with E-state index in [4.69, 9.17) is 0 Å². The first kappa shape index (κ1) is 20.7. The van der Waals surface area contributed by atoms with Crippen molar-refractivity contribution in [2.24, 2.45) is 0 Å². The van der Waals surface area contributed by atoms with Gasteiger partial charge in [0, 0.05) is 12.1 Å². The molecule has 0 spiro atoms. The van der Waals surface area contributed by atoms with Crippen LogP contribution in [0.4, 0.5) is 17.6 Å². The van der Waals surface area contributed by atoms with E-state index in [1.165, 1.54) is 30.3 Å². The second-order valence-electron chi connectivity index (χ2n) is 6.17. The SMILES string of the molecule is CC(NC(=O)CN(C)Cc1ccccc1OC(F)(F)F)c1ccc(F)cc1. The molecule has 0 fully saturated rings. The van der Waals surface area contributed by atoms with Gasteiger partial charge < -0.3 is 10.1 Å². The van der Waals surface area contributed by atoms with Crippen molar-refractivity contribution < 1.29 is 27.1 Å². The first-order valence-electron chi connectivity index (χ1n) is 8.21. The lowest BCUT2D eigenvalue weighted by atomic mass is 10.1. The van der Waals surface area contributed by atoms with Crippen LogP contribution in [0.2, 0.25) is 0 Å². The number of nitrogens with one attached hydrogen (secondary N) is 1. The largest absolute Gasteiger partial charge is 0.573 e. The number of benzene rings is 2. The third-order valence-corrected chi connectivity index (χ3v) is 3.80. The van der Waals surface area contributed by atoms with Crippen LogP contribution in [0.1, 0.15) is 24.1 Å². The summed E-state index contributed by atoms with van der Waals surface area (Å²) in [6.45, 7) is 1.84. The standard InChI is InChI=1S/C19H20F4N2O2/c1-13(14-7-9-16(20)10-8-14)24-18(26)12-25(2)11-15-5-3-4-6-17(15)27-19(21,22)23/h3-10,13H,11-12H2,1-2H3,(H,24,26). The number of likely N-dealkylation sites (N-methyl/N-ethyl adjacent to an activating group) is 1. The van der Waals surface area contributed by atoms with E-state index in [2.05, 4.69) is 10.1 Å². The highest BCUT2D eigenvalue weighted by Gasteiger charge is 2.32. The number of hydrogen-bond acceptors (Lipinski definition) is 3. The van der Waals surface area contributed by atoms with Crippen LogP contribution in [0, 0.1) is 5.82 Å². The zero-order valence-corrected chi connectivity index (χ0v) is 14.9. The van der Waals surface area contributed by atoms with Gasteiger partial charge in [-0.05, 0) is 37.7 Å². The monoisotopic (exact) mass is 384 g/mol. The number of ether oxygens (including phenoxy) is 1. The second-order valence-corrected chi connectivity index (χ2v) is 6.17. The fraction of sp³-hybridized carbons (Fsp3) is 0.316. The van der Waals surface area contributed by atoms with Gasteiger partial charge in [-0.1, -0.05) is 30.3 Å². The molecular formula is C19H20F4N2O2. The summed E-state index contributed by atoms with van der Waals surface area (Å²) in [5.41, 5.74) is 1.06. The predicted octanol–water partition coefficient (Wildman–Crippen LogP) is 4.03. The Morgan fingerprint density at radius 3 is 2.41 bits per heavy atom. The minimum absolute atomic E-state index is 0.0219. The Hall–Kier alpha value is -2.61. The van der Waals surface area contributed by atoms with Crippen molar-refractivity contribution in [2.45, 2.75) is 25.9 Å². The van der Waals surface area contributed by atoms with Gasteiger partial charge in [-0.25, -0.2) is 4.39 Å². The van der Waals surface area contributed by atoms with Gasteiger partial charge in [0.05, 0.1) is 12.6 Å². The van der Waals surface area contributed by atoms with Crippen molar-refractivity contribution >= 4 is 5.91 Å². The highest BCUT2D eigenvalue weighted by atomic mass is 19.4. The Labute approximate surface area is 154 Å². The lowest BCUT2D eigenvalue weighted by Gasteiger charge is -2.21. The molecule has 1 amide bonds. The summed E-state index contributed by atoms with van der Waals surface area (Å²) in [4.78, 5) is 13.7. The third-order valence-electron chi connectivity index (χ3n) is 3.80. The smallest absolute Gasteiger partial charge is 0.405 e. The Kier molecular flexibility index (Phi) is 6.79. The minimum Gasteiger partial charge on any atom is -0.405 e. The summed E-state index contributed by atoms with van der Waals surface area (Å²) < 4.78 is 54.4. The average Bonchev–Trinajstić information content (AvgIpc) is 2.55. The van der Waals surface area contributed by atoms with Gasteiger partial charge in [-0.3, -0.25) is 9.69 Å². The Bertz CT molecular complexity index is 763. The molecule has 27 heavy (non-hydrogen) atoms. The number of amides is 1. The van der Waals surface area contributed by atoms with E-state index >= 15 is 0 Å². The van der Waals surface area contributed by atoms with Crippen LogP contribution in [-0.2, 0) is 11.3 Å². The van der Waals surface area contributed by atoms with Crippen molar-refractivity contribution in [1.29, 1.82) is 0 Å². The van der Waals surface area contributed by atoms with Crippen LogP contribution >= 0.6 is 0 Å². The highest BCUT2D eigenvalue weighted by molar-refractivity contribution is 5.78. The van der Waals surface area contributed by atoms with Crippen LogP contribution in [0.15, 0.2) is 48.5 Å². The summed E-state index contributed by atoms with van der Waals surface area (Å²) >= 11 is 0. The average molecular weight is 384 g/mol. The number of rotatable bonds is 7. The number of hydrogen-bond donors (Lipinski definition) is 1. The second kappa shape index (κ2) is 8.85. The number of carbonyl (C=O) groups excluding carboxylic acids is 1. The first-order chi connectivity index (χ1) is 12.6. The highest BCUT2D eigenvalue weighted by Crippen LogP contribution is 2.26. The Morgan fingerprint density at radius 2 is 1.78 bits per heavy atom. The molecule has 0 saturated heterocycles. The summed E-state index contributed by atoms with van der Waals surface area (Å²) in [6.07, 6.45) is -4.78. The number of halogens is 4. The Balaban J connectivity index is 1.92. The van der Waals surface area contributed by atoms with Gasteiger partial charge in [0.15, 0.2) is 0 Å². The molecule has 2 aromatic carbocycles. The molecule has 0 saturated carbocycles. The molecule has 0 aliphatic rings. The van der Waals surface area contributed by atoms with Gasteiger partial charge in [-0.2, -0.15) is 0 Å². The van der Waals surface area contributed by atoms with E-state index in [9.17, 15) is 22.4 Å². The van der Waals surface area contributed by atoms with Crippen molar-refractivity contribution in [2.75, 3.05) is 13.6 Å². The maximum absolute atomic E-state index is 13.0. The third kappa shape index (κ3) is 6.90. The molecule has 1 unspecified atom stereocenters. The summed E-state index contributed by atoms with van der Waals surface area (Å²) in [5, 5.41) is 2.77. The van der Waals surface area contributed by atoms with E-state index in [1.807, 2.05) is 0 Å². The van der Waals surface area contributed by atoms with Crippen LogP contribution < -0.4 is 10.1 Å². The topological polar surface area (TPSA) is 41.6 Å². The van der Waals surface area contributed by atoms with Gasteiger partial charge in [0.2, 0.25) is 5.91 Å². The number of alkyl halides is 3. The predicted molar refractivity (Wildman–Crippen MR) is 92.4 cm³/mol. The maximum Gasteiger partial charge on any atom is 0.573 e. The Morgan fingerprint density at radius 1 is 1.15 bits per heavy atom. The summed E-state index contributed by atoms with van der Waals surface area (Å²) in [6, 6.07) is 11.2. The fourth-order valence-electron chi connectivity index (χ4n) is 2.57. The van der Waals surface area contributed by atoms with Crippen molar-refractivity contribution in [1.82, 2.24) is 10.2 Å². The number of para-hydroxylation sites is 1. The molecule has 1 N–H and O–H groups in total. The quantitative estimate of drug-likeness (QED) is 0.733. The van der Waals surface area contributed by atoms with Crippen LogP contribution in [0.5, 0.6) is 5.75 Å². The minimum atomic E-state index is -4.78. The molecule has 2 rings (SSSR count). The van der Waals surface area contributed by atoms with Crippen molar-refractivity contribution in [3.05, 3.63) is 65.5 Å². The molecule has 146 valence electrons. The normalized spacial score (nSPS) is 12.7. The van der Waals surface area contributed by atoms with Crippen LogP contribution in [0.3, 0.4) is 0 Å². The molecule has 2 aromatic rings. The van der Waals surface area contributed by atoms with Gasteiger partial charge in [0.1, 0.15) is 11.6 Å². The van der Waals surface area contributed by atoms with Crippen LogP contribution in [0.25, 0.3) is 0 Å². The number of nitrogens with zero attached hydrogens (tertiary/aromatic N) is 1.